The van der Waals surface area contributed by atoms with E-state index in [1.54, 1.807) is 6.20 Å². The van der Waals surface area contributed by atoms with Crippen LogP contribution >= 0.6 is 24.8 Å². The van der Waals surface area contributed by atoms with E-state index in [1.165, 1.54) is 0 Å². The van der Waals surface area contributed by atoms with Crippen molar-refractivity contribution in [3.05, 3.63) is 72.1 Å². The number of halogens is 2. The number of amides is 1. The van der Waals surface area contributed by atoms with Crippen LogP contribution in [0.2, 0.25) is 0 Å². The molecule has 1 aromatic heterocycles. The van der Waals surface area contributed by atoms with Gasteiger partial charge in [-0.1, -0.05) is 36.4 Å². The zero-order chi connectivity index (χ0) is 20.0. The van der Waals surface area contributed by atoms with Crippen molar-refractivity contribution in [2.45, 2.75) is 39.4 Å². The van der Waals surface area contributed by atoms with Crippen LogP contribution in [0.1, 0.15) is 31.9 Å². The molecule has 0 fully saturated rings. The second-order valence-corrected chi connectivity index (χ2v) is 7.82. The van der Waals surface area contributed by atoms with Gasteiger partial charge in [-0.05, 0) is 49.2 Å². The number of fused-ring (bicyclic) bond motifs is 1. The lowest BCUT2D eigenvalue weighted by Crippen LogP contribution is -2.43. The lowest BCUT2D eigenvalue weighted by Gasteiger charge is -2.21. The van der Waals surface area contributed by atoms with Crippen molar-refractivity contribution < 1.29 is 9.53 Å². The van der Waals surface area contributed by atoms with Gasteiger partial charge < -0.3 is 15.4 Å². The molecule has 162 valence electrons. The van der Waals surface area contributed by atoms with Crippen LogP contribution in [0.3, 0.4) is 0 Å². The molecule has 0 aliphatic carbocycles. The fraction of sp³-hybridized carbons (Fsp3) is 0.304. The summed E-state index contributed by atoms with van der Waals surface area (Å²) in [6.45, 7) is 7.19. The van der Waals surface area contributed by atoms with Crippen LogP contribution in [0.25, 0.3) is 10.8 Å². The minimum absolute atomic E-state index is 0. The van der Waals surface area contributed by atoms with Crippen molar-refractivity contribution >= 4 is 41.5 Å². The topological polar surface area (TPSA) is 63.2 Å². The summed E-state index contributed by atoms with van der Waals surface area (Å²) in [7, 11) is 0. The Morgan fingerprint density at radius 3 is 2.47 bits per heavy atom. The number of hydrogen-bond donors (Lipinski definition) is 2. The first-order chi connectivity index (χ1) is 13.4. The molecule has 7 heteroatoms. The van der Waals surface area contributed by atoms with Gasteiger partial charge in [-0.3, -0.25) is 9.78 Å². The van der Waals surface area contributed by atoms with Gasteiger partial charge in [0.25, 0.3) is 5.91 Å². The minimum atomic E-state index is -0.280. The van der Waals surface area contributed by atoms with E-state index in [2.05, 4.69) is 27.8 Å². The molecule has 0 saturated carbocycles. The molecule has 5 nitrogen and oxygen atoms in total. The van der Waals surface area contributed by atoms with Gasteiger partial charge in [-0.15, -0.1) is 24.8 Å². The third-order valence-electron chi connectivity index (χ3n) is 4.22. The van der Waals surface area contributed by atoms with Crippen molar-refractivity contribution in [1.29, 1.82) is 0 Å². The van der Waals surface area contributed by atoms with Crippen LogP contribution in [0.5, 0.6) is 5.75 Å². The Labute approximate surface area is 190 Å². The van der Waals surface area contributed by atoms with Crippen LogP contribution in [-0.4, -0.2) is 23.0 Å². The number of ether oxygens (including phenoxy) is 1. The first kappa shape index (κ1) is 25.7. The van der Waals surface area contributed by atoms with Crippen LogP contribution < -0.4 is 15.4 Å². The Kier molecular flexibility index (Phi) is 10.1. The third-order valence-corrected chi connectivity index (χ3v) is 4.22. The van der Waals surface area contributed by atoms with E-state index in [4.69, 9.17) is 4.74 Å². The number of benzene rings is 2. The van der Waals surface area contributed by atoms with Crippen LogP contribution in [0.15, 0.2) is 60.9 Å². The molecule has 0 aliphatic heterocycles. The highest BCUT2D eigenvalue weighted by Crippen LogP contribution is 2.28. The first-order valence-corrected chi connectivity index (χ1v) is 9.46. The largest absolute Gasteiger partial charge is 0.483 e. The number of pyridine rings is 1. The number of nitrogens with zero attached hydrogens (tertiary/aromatic N) is 1. The van der Waals surface area contributed by atoms with Crippen molar-refractivity contribution in [3.8, 4) is 5.75 Å². The fourth-order valence-electron chi connectivity index (χ4n) is 3.07. The first-order valence-electron chi connectivity index (χ1n) is 9.46. The summed E-state index contributed by atoms with van der Waals surface area (Å²) in [5, 5.41) is 8.65. The number of rotatable bonds is 7. The van der Waals surface area contributed by atoms with Crippen molar-refractivity contribution in [2.75, 3.05) is 6.61 Å². The normalized spacial score (nSPS) is 10.6. The molecule has 1 heterocycles. The van der Waals surface area contributed by atoms with Gasteiger partial charge in [0.2, 0.25) is 0 Å². The van der Waals surface area contributed by atoms with E-state index in [9.17, 15) is 4.79 Å². The van der Waals surface area contributed by atoms with Gasteiger partial charge >= 0.3 is 0 Å². The van der Waals surface area contributed by atoms with Crippen LogP contribution in [-0.2, 0) is 17.9 Å². The van der Waals surface area contributed by atoms with Crippen LogP contribution in [0.4, 0.5) is 0 Å². The van der Waals surface area contributed by atoms with Gasteiger partial charge in [0.15, 0.2) is 6.61 Å². The third kappa shape index (κ3) is 7.48. The Hall–Kier alpha value is -2.34. The molecule has 1 amide bonds. The molecule has 0 bridgehead atoms. The lowest BCUT2D eigenvalue weighted by molar-refractivity contribution is -0.124. The quantitative estimate of drug-likeness (QED) is 0.550. The number of hydrogen-bond acceptors (Lipinski definition) is 4. The maximum Gasteiger partial charge on any atom is 0.258 e. The molecule has 2 aromatic carbocycles. The van der Waals surface area contributed by atoms with E-state index >= 15 is 0 Å². The highest BCUT2D eigenvalue weighted by atomic mass is 35.5. The molecule has 3 rings (SSSR count). The molecule has 3 aromatic rings. The zero-order valence-electron chi connectivity index (χ0n) is 17.5. The molecule has 2 N–H and O–H groups in total. The van der Waals surface area contributed by atoms with E-state index in [0.29, 0.717) is 13.1 Å². The second-order valence-electron chi connectivity index (χ2n) is 7.82. The minimum Gasteiger partial charge on any atom is -0.483 e. The van der Waals surface area contributed by atoms with Gasteiger partial charge in [0, 0.05) is 36.6 Å². The van der Waals surface area contributed by atoms with E-state index in [0.717, 1.165) is 27.6 Å². The van der Waals surface area contributed by atoms with Gasteiger partial charge in [-0.25, -0.2) is 0 Å². The highest BCUT2D eigenvalue weighted by Gasteiger charge is 2.15. The van der Waals surface area contributed by atoms with Gasteiger partial charge in [-0.2, -0.15) is 0 Å². The average Bonchev–Trinajstić information content (AvgIpc) is 2.66. The SMILES string of the molecule is CC(C)(C)NC(=O)COc1ccc2ccccc2c1CNCc1cccnc1.Cl.Cl. The summed E-state index contributed by atoms with van der Waals surface area (Å²) < 4.78 is 5.89. The average molecular weight is 450 g/mol. The standard InChI is InChI=1S/C23H27N3O2.2ClH/c1-23(2,3)26-22(27)16-28-21-11-10-18-8-4-5-9-19(18)20(21)15-25-14-17-7-6-12-24-13-17;;/h4-13,25H,14-16H2,1-3H3,(H,26,27);2*1H. The van der Waals surface area contributed by atoms with Gasteiger partial charge in [0.05, 0.1) is 0 Å². The highest BCUT2D eigenvalue weighted by molar-refractivity contribution is 5.88. The Bertz CT molecular complexity index is 944. The number of aromatic nitrogens is 1. The number of nitrogens with one attached hydrogen (secondary N) is 2. The maximum absolute atomic E-state index is 12.1. The summed E-state index contributed by atoms with van der Waals surface area (Å²) in [5.41, 5.74) is 1.89. The molecular formula is C23H29Cl2N3O2. The Morgan fingerprint density at radius 1 is 1.00 bits per heavy atom. The predicted octanol–water partition coefficient (Wildman–Crippen LogP) is 4.66. The van der Waals surface area contributed by atoms with E-state index in [1.807, 2.05) is 63.4 Å². The summed E-state index contributed by atoms with van der Waals surface area (Å²) in [4.78, 5) is 16.3. The number of carbonyl (C=O) groups excluding carboxylic acids is 1. The van der Waals surface area contributed by atoms with Gasteiger partial charge in [0.1, 0.15) is 5.75 Å². The van der Waals surface area contributed by atoms with Crippen LogP contribution in [0, 0.1) is 0 Å². The van der Waals surface area contributed by atoms with E-state index < -0.39 is 0 Å². The Morgan fingerprint density at radius 2 is 1.77 bits per heavy atom. The molecular weight excluding hydrogens is 421 g/mol. The molecule has 0 saturated heterocycles. The second kappa shape index (κ2) is 11.7. The molecule has 0 atom stereocenters. The molecule has 0 radical (unpaired) electrons. The van der Waals surface area contributed by atoms with Crippen molar-refractivity contribution in [1.82, 2.24) is 15.6 Å². The predicted molar refractivity (Wildman–Crippen MR) is 127 cm³/mol. The zero-order valence-corrected chi connectivity index (χ0v) is 19.1. The maximum atomic E-state index is 12.1. The monoisotopic (exact) mass is 449 g/mol. The molecule has 0 aliphatic rings. The van der Waals surface area contributed by atoms with Crippen molar-refractivity contribution in [2.24, 2.45) is 0 Å². The Balaban J connectivity index is 0.00000225. The molecule has 0 spiro atoms. The molecule has 30 heavy (non-hydrogen) atoms. The summed E-state index contributed by atoms with van der Waals surface area (Å²) in [6.07, 6.45) is 3.62. The summed E-state index contributed by atoms with van der Waals surface area (Å²) in [6, 6.07) is 16.1. The van der Waals surface area contributed by atoms with E-state index in [-0.39, 0.29) is 42.9 Å². The fourth-order valence-corrected chi connectivity index (χ4v) is 3.07. The summed E-state index contributed by atoms with van der Waals surface area (Å²) >= 11 is 0. The smallest absolute Gasteiger partial charge is 0.258 e. The summed E-state index contributed by atoms with van der Waals surface area (Å²) in [5.74, 6) is 0.594. The number of carbonyl (C=O) groups is 1. The molecule has 0 unspecified atom stereocenters. The lowest BCUT2D eigenvalue weighted by atomic mass is 10.0. The van der Waals surface area contributed by atoms with Crippen molar-refractivity contribution in [3.63, 3.8) is 0 Å².